The van der Waals surface area contributed by atoms with Crippen LogP contribution in [-0.4, -0.2) is 24.7 Å². The maximum Gasteiger partial charge on any atom is 0.250 e. The SMILES string of the molecule is Cc1cc(C)n(CCCNS(=O)(=O)c2cc(N)cs2)n1. The van der Waals surface area contributed by atoms with Gasteiger partial charge in [0.1, 0.15) is 4.21 Å². The first kappa shape index (κ1) is 15.0. The lowest BCUT2D eigenvalue weighted by molar-refractivity contribution is 0.545. The Morgan fingerprint density at radius 2 is 2.15 bits per heavy atom. The third-order valence-electron chi connectivity index (χ3n) is 2.80. The monoisotopic (exact) mass is 314 g/mol. The van der Waals surface area contributed by atoms with Gasteiger partial charge in [0, 0.05) is 29.9 Å². The fourth-order valence-corrected chi connectivity index (χ4v) is 4.08. The molecule has 20 heavy (non-hydrogen) atoms. The molecule has 0 saturated carbocycles. The van der Waals surface area contributed by atoms with Crippen molar-refractivity contribution in [1.82, 2.24) is 14.5 Å². The van der Waals surface area contributed by atoms with Crippen molar-refractivity contribution < 1.29 is 8.42 Å². The molecule has 0 unspecified atom stereocenters. The topological polar surface area (TPSA) is 90.0 Å². The van der Waals surface area contributed by atoms with Gasteiger partial charge in [0.15, 0.2) is 0 Å². The lowest BCUT2D eigenvalue weighted by Gasteiger charge is -2.06. The number of aryl methyl sites for hydroxylation is 3. The van der Waals surface area contributed by atoms with Crippen LogP contribution in [0, 0.1) is 13.8 Å². The largest absolute Gasteiger partial charge is 0.398 e. The summed E-state index contributed by atoms with van der Waals surface area (Å²) in [6.07, 6.45) is 0.683. The molecule has 0 bridgehead atoms. The zero-order chi connectivity index (χ0) is 14.8. The Balaban J connectivity index is 1.85. The Kier molecular flexibility index (Phi) is 4.46. The van der Waals surface area contributed by atoms with Crippen molar-refractivity contribution in [3.63, 3.8) is 0 Å². The summed E-state index contributed by atoms with van der Waals surface area (Å²) >= 11 is 1.12. The number of nitrogens with two attached hydrogens (primary N) is 1. The van der Waals surface area contributed by atoms with Crippen molar-refractivity contribution in [2.75, 3.05) is 12.3 Å². The Bertz CT molecular complexity index is 688. The molecule has 2 rings (SSSR count). The third-order valence-corrected chi connectivity index (χ3v) is 5.72. The van der Waals surface area contributed by atoms with Gasteiger partial charge in [-0.2, -0.15) is 5.10 Å². The van der Waals surface area contributed by atoms with Crippen LogP contribution in [0.4, 0.5) is 5.69 Å². The quantitative estimate of drug-likeness (QED) is 0.791. The summed E-state index contributed by atoms with van der Waals surface area (Å²) in [5, 5.41) is 5.95. The van der Waals surface area contributed by atoms with Crippen LogP contribution in [0.5, 0.6) is 0 Å². The summed E-state index contributed by atoms with van der Waals surface area (Å²) in [6, 6.07) is 3.46. The molecule has 0 aliphatic rings. The predicted molar refractivity (Wildman–Crippen MR) is 80.2 cm³/mol. The zero-order valence-electron chi connectivity index (χ0n) is 11.5. The average Bonchev–Trinajstić information content (AvgIpc) is 2.92. The molecule has 0 atom stereocenters. The first-order valence-electron chi connectivity index (χ1n) is 6.23. The number of hydrogen-bond acceptors (Lipinski definition) is 5. The van der Waals surface area contributed by atoms with Crippen LogP contribution in [0.25, 0.3) is 0 Å². The number of aromatic nitrogens is 2. The number of hydrogen-bond donors (Lipinski definition) is 2. The predicted octanol–water partition coefficient (Wildman–Crippen LogP) is 1.51. The molecule has 110 valence electrons. The van der Waals surface area contributed by atoms with E-state index in [1.54, 1.807) is 5.38 Å². The van der Waals surface area contributed by atoms with E-state index in [4.69, 9.17) is 5.73 Å². The van der Waals surface area contributed by atoms with E-state index in [9.17, 15) is 8.42 Å². The molecule has 0 aliphatic heterocycles. The van der Waals surface area contributed by atoms with Crippen LogP contribution in [0.1, 0.15) is 17.8 Å². The fraction of sp³-hybridized carbons (Fsp3) is 0.417. The van der Waals surface area contributed by atoms with Crippen molar-refractivity contribution in [3.8, 4) is 0 Å². The van der Waals surface area contributed by atoms with E-state index in [0.29, 0.717) is 25.2 Å². The second-order valence-electron chi connectivity index (χ2n) is 4.60. The molecule has 2 aromatic heterocycles. The summed E-state index contributed by atoms with van der Waals surface area (Å²) in [5.41, 5.74) is 8.05. The van der Waals surface area contributed by atoms with E-state index in [1.807, 2.05) is 24.6 Å². The molecule has 8 heteroatoms. The zero-order valence-corrected chi connectivity index (χ0v) is 13.1. The van der Waals surface area contributed by atoms with E-state index in [1.165, 1.54) is 6.07 Å². The van der Waals surface area contributed by atoms with E-state index in [0.717, 1.165) is 22.7 Å². The molecule has 6 nitrogen and oxygen atoms in total. The van der Waals surface area contributed by atoms with Gasteiger partial charge in [-0.05, 0) is 32.4 Å². The molecule has 2 heterocycles. The number of sulfonamides is 1. The average molecular weight is 314 g/mol. The number of rotatable bonds is 6. The summed E-state index contributed by atoms with van der Waals surface area (Å²) in [6.45, 7) is 4.99. The van der Waals surface area contributed by atoms with E-state index >= 15 is 0 Å². The van der Waals surface area contributed by atoms with Crippen molar-refractivity contribution in [1.29, 1.82) is 0 Å². The van der Waals surface area contributed by atoms with Gasteiger partial charge < -0.3 is 5.73 Å². The molecule has 0 radical (unpaired) electrons. The van der Waals surface area contributed by atoms with Gasteiger partial charge in [0.25, 0.3) is 0 Å². The Morgan fingerprint density at radius 1 is 1.40 bits per heavy atom. The first-order chi connectivity index (χ1) is 9.38. The number of anilines is 1. The molecular formula is C12H18N4O2S2. The second kappa shape index (κ2) is 5.94. The minimum Gasteiger partial charge on any atom is -0.398 e. The standard InChI is InChI=1S/C12H18N4O2S2/c1-9-6-10(2)16(15-9)5-3-4-14-20(17,18)12-7-11(13)8-19-12/h6-8,14H,3-5,13H2,1-2H3. The van der Waals surface area contributed by atoms with Gasteiger partial charge in [-0.25, -0.2) is 13.1 Å². The van der Waals surface area contributed by atoms with E-state index in [-0.39, 0.29) is 4.21 Å². The molecule has 0 amide bonds. The highest BCUT2D eigenvalue weighted by molar-refractivity contribution is 7.91. The van der Waals surface area contributed by atoms with Crippen LogP contribution < -0.4 is 10.5 Å². The minimum absolute atomic E-state index is 0.251. The normalized spacial score (nSPS) is 11.9. The van der Waals surface area contributed by atoms with Crippen LogP contribution in [0.15, 0.2) is 21.7 Å². The lowest BCUT2D eigenvalue weighted by Crippen LogP contribution is -2.25. The van der Waals surface area contributed by atoms with Gasteiger partial charge in [-0.1, -0.05) is 0 Å². The molecule has 0 aromatic carbocycles. The summed E-state index contributed by atoms with van der Waals surface area (Å²) in [5.74, 6) is 0. The molecular weight excluding hydrogens is 296 g/mol. The van der Waals surface area contributed by atoms with Gasteiger partial charge in [-0.15, -0.1) is 11.3 Å². The maximum absolute atomic E-state index is 11.9. The summed E-state index contributed by atoms with van der Waals surface area (Å²) in [7, 11) is -3.44. The highest BCUT2D eigenvalue weighted by Crippen LogP contribution is 2.21. The van der Waals surface area contributed by atoms with Crippen molar-refractivity contribution in [2.45, 2.75) is 31.0 Å². The van der Waals surface area contributed by atoms with E-state index in [2.05, 4.69) is 9.82 Å². The van der Waals surface area contributed by atoms with Gasteiger partial charge in [0.2, 0.25) is 10.0 Å². The first-order valence-corrected chi connectivity index (χ1v) is 8.59. The number of nitrogen functional groups attached to an aromatic ring is 1. The number of nitrogens with one attached hydrogen (secondary N) is 1. The number of thiophene rings is 1. The Labute approximate surface area is 122 Å². The minimum atomic E-state index is -3.44. The highest BCUT2D eigenvalue weighted by Gasteiger charge is 2.15. The summed E-state index contributed by atoms with van der Waals surface area (Å²) < 4.78 is 28.6. The fourth-order valence-electron chi connectivity index (χ4n) is 1.88. The second-order valence-corrected chi connectivity index (χ2v) is 7.51. The van der Waals surface area contributed by atoms with Crippen LogP contribution >= 0.6 is 11.3 Å². The maximum atomic E-state index is 11.9. The molecule has 0 spiro atoms. The third kappa shape index (κ3) is 3.59. The Hall–Kier alpha value is -1.38. The van der Waals surface area contributed by atoms with Crippen molar-refractivity contribution in [3.05, 3.63) is 28.9 Å². The van der Waals surface area contributed by atoms with Crippen molar-refractivity contribution in [2.24, 2.45) is 0 Å². The Morgan fingerprint density at radius 3 is 2.70 bits per heavy atom. The molecule has 0 aliphatic carbocycles. The van der Waals surface area contributed by atoms with Gasteiger partial charge >= 0.3 is 0 Å². The molecule has 2 aromatic rings. The van der Waals surface area contributed by atoms with Crippen molar-refractivity contribution >= 4 is 27.0 Å². The van der Waals surface area contributed by atoms with Gasteiger partial charge in [0.05, 0.1) is 5.69 Å². The van der Waals surface area contributed by atoms with Crippen LogP contribution in [0.2, 0.25) is 0 Å². The highest BCUT2D eigenvalue weighted by atomic mass is 32.2. The lowest BCUT2D eigenvalue weighted by atomic mass is 10.4. The number of nitrogens with zero attached hydrogens (tertiary/aromatic N) is 2. The smallest absolute Gasteiger partial charge is 0.250 e. The van der Waals surface area contributed by atoms with Gasteiger partial charge in [-0.3, -0.25) is 4.68 Å². The van der Waals surface area contributed by atoms with E-state index < -0.39 is 10.0 Å². The van der Waals surface area contributed by atoms with Crippen LogP contribution in [-0.2, 0) is 16.6 Å². The molecule has 0 saturated heterocycles. The molecule has 0 fully saturated rings. The van der Waals surface area contributed by atoms with Crippen LogP contribution in [0.3, 0.4) is 0 Å². The summed E-state index contributed by atoms with van der Waals surface area (Å²) in [4.78, 5) is 0. The molecule has 3 N–H and O–H groups in total.